The van der Waals surface area contributed by atoms with Crippen LogP contribution in [0.15, 0.2) is 22.7 Å². The molecule has 0 spiro atoms. The zero-order valence-electron chi connectivity index (χ0n) is 8.28. The minimum absolute atomic E-state index is 0.0628. The number of aromatic nitrogens is 1. The maximum absolute atomic E-state index is 10.7. The van der Waals surface area contributed by atoms with Gasteiger partial charge in [0.1, 0.15) is 0 Å². The van der Waals surface area contributed by atoms with Crippen molar-refractivity contribution in [3.63, 3.8) is 0 Å². The van der Waals surface area contributed by atoms with Crippen molar-refractivity contribution in [3.05, 3.63) is 23.8 Å². The van der Waals surface area contributed by atoms with Gasteiger partial charge in [-0.3, -0.25) is 4.79 Å². The molecule has 0 aliphatic rings. The van der Waals surface area contributed by atoms with E-state index in [-0.39, 0.29) is 5.91 Å². The highest BCUT2D eigenvalue weighted by Gasteiger charge is 2.05. The third-order valence-corrected chi connectivity index (χ3v) is 2.11. The molecule has 0 bridgehead atoms. The van der Waals surface area contributed by atoms with Gasteiger partial charge in [-0.2, -0.15) is 0 Å². The van der Waals surface area contributed by atoms with Crippen LogP contribution in [0.2, 0.25) is 0 Å². The van der Waals surface area contributed by atoms with E-state index in [1.54, 1.807) is 0 Å². The first-order chi connectivity index (χ1) is 7.16. The standard InChI is InChI=1S/C10H11N3O2/c1-6(14)12-5-7-2-3-8-9(4-7)15-13-10(8)11/h2-4H,5H2,1H3,(H2,11,13)(H,12,14). The number of nitrogens with one attached hydrogen (secondary N) is 1. The first-order valence-corrected chi connectivity index (χ1v) is 4.55. The van der Waals surface area contributed by atoms with E-state index in [9.17, 15) is 4.79 Å². The molecule has 1 aromatic carbocycles. The number of nitrogen functional groups attached to an aromatic ring is 1. The molecule has 0 radical (unpaired) electrons. The first kappa shape index (κ1) is 9.51. The normalized spacial score (nSPS) is 10.5. The number of amides is 1. The quantitative estimate of drug-likeness (QED) is 0.767. The molecule has 5 nitrogen and oxygen atoms in total. The lowest BCUT2D eigenvalue weighted by atomic mass is 10.1. The van der Waals surface area contributed by atoms with Gasteiger partial charge in [0, 0.05) is 13.5 Å². The second kappa shape index (κ2) is 3.61. The molecular formula is C10H11N3O2. The first-order valence-electron chi connectivity index (χ1n) is 4.55. The fraction of sp³-hybridized carbons (Fsp3) is 0.200. The van der Waals surface area contributed by atoms with E-state index in [1.807, 2.05) is 18.2 Å². The summed E-state index contributed by atoms with van der Waals surface area (Å²) in [5.74, 6) is 0.322. The molecule has 78 valence electrons. The molecule has 0 fully saturated rings. The SMILES string of the molecule is CC(=O)NCc1ccc2c(N)noc2c1. The molecule has 3 N–H and O–H groups in total. The summed E-state index contributed by atoms with van der Waals surface area (Å²) in [5.41, 5.74) is 7.16. The number of hydrogen-bond acceptors (Lipinski definition) is 4. The summed E-state index contributed by atoms with van der Waals surface area (Å²) in [5, 5.41) is 7.14. The van der Waals surface area contributed by atoms with Crippen LogP contribution in [-0.2, 0) is 11.3 Å². The molecule has 2 aromatic rings. The van der Waals surface area contributed by atoms with Crippen LogP contribution in [0.5, 0.6) is 0 Å². The van der Waals surface area contributed by atoms with Gasteiger partial charge in [0.2, 0.25) is 5.91 Å². The largest absolute Gasteiger partial charge is 0.380 e. The summed E-state index contributed by atoms with van der Waals surface area (Å²) >= 11 is 0. The zero-order valence-corrected chi connectivity index (χ0v) is 8.28. The number of anilines is 1. The second-order valence-corrected chi connectivity index (χ2v) is 3.31. The highest BCUT2D eigenvalue weighted by Crippen LogP contribution is 2.21. The molecule has 0 unspecified atom stereocenters. The minimum Gasteiger partial charge on any atom is -0.380 e. The lowest BCUT2D eigenvalue weighted by Gasteiger charge is -2.01. The molecule has 15 heavy (non-hydrogen) atoms. The summed E-state index contributed by atoms with van der Waals surface area (Å²) in [6.07, 6.45) is 0. The number of nitrogens with two attached hydrogens (primary N) is 1. The molecule has 0 saturated carbocycles. The van der Waals surface area contributed by atoms with Crippen LogP contribution < -0.4 is 11.1 Å². The Balaban J connectivity index is 2.27. The number of nitrogens with zero attached hydrogens (tertiary/aromatic N) is 1. The van der Waals surface area contributed by atoms with Crippen LogP contribution in [0, 0.1) is 0 Å². The Bertz CT molecular complexity index is 504. The smallest absolute Gasteiger partial charge is 0.217 e. The van der Waals surface area contributed by atoms with Crippen LogP contribution in [0.4, 0.5) is 5.82 Å². The average Bonchev–Trinajstić information content (AvgIpc) is 2.57. The predicted molar refractivity (Wildman–Crippen MR) is 55.9 cm³/mol. The Morgan fingerprint density at radius 1 is 1.60 bits per heavy atom. The van der Waals surface area contributed by atoms with Crippen molar-refractivity contribution in [1.29, 1.82) is 0 Å². The lowest BCUT2D eigenvalue weighted by molar-refractivity contribution is -0.119. The molecule has 1 heterocycles. The molecule has 0 saturated heterocycles. The monoisotopic (exact) mass is 205 g/mol. The third kappa shape index (κ3) is 1.90. The van der Waals surface area contributed by atoms with Gasteiger partial charge in [-0.15, -0.1) is 0 Å². The highest BCUT2D eigenvalue weighted by molar-refractivity contribution is 5.87. The van der Waals surface area contributed by atoms with Gasteiger partial charge in [-0.05, 0) is 17.7 Å². The summed E-state index contributed by atoms with van der Waals surface area (Å²) in [7, 11) is 0. The second-order valence-electron chi connectivity index (χ2n) is 3.31. The van der Waals surface area contributed by atoms with Crippen molar-refractivity contribution in [3.8, 4) is 0 Å². The van der Waals surface area contributed by atoms with Gasteiger partial charge in [0.05, 0.1) is 5.39 Å². The number of hydrogen-bond donors (Lipinski definition) is 2. The lowest BCUT2D eigenvalue weighted by Crippen LogP contribution is -2.18. The summed E-state index contributed by atoms with van der Waals surface area (Å²) in [6, 6.07) is 5.53. The zero-order chi connectivity index (χ0) is 10.8. The number of carbonyl (C=O) groups is 1. The van der Waals surface area contributed by atoms with E-state index in [2.05, 4.69) is 10.5 Å². The van der Waals surface area contributed by atoms with Gasteiger partial charge in [-0.25, -0.2) is 0 Å². The van der Waals surface area contributed by atoms with Crippen molar-refractivity contribution in [2.75, 3.05) is 5.73 Å². The maximum Gasteiger partial charge on any atom is 0.217 e. The van der Waals surface area contributed by atoms with E-state index in [0.29, 0.717) is 17.9 Å². The van der Waals surface area contributed by atoms with Crippen LogP contribution >= 0.6 is 0 Å². The Morgan fingerprint density at radius 3 is 3.13 bits per heavy atom. The Morgan fingerprint density at radius 2 is 2.40 bits per heavy atom. The minimum atomic E-state index is -0.0628. The maximum atomic E-state index is 10.7. The van der Waals surface area contributed by atoms with Crippen molar-refractivity contribution in [2.45, 2.75) is 13.5 Å². The highest BCUT2D eigenvalue weighted by atomic mass is 16.5. The fourth-order valence-electron chi connectivity index (χ4n) is 1.34. The summed E-state index contributed by atoms with van der Waals surface area (Å²) < 4.78 is 5.01. The van der Waals surface area contributed by atoms with Gasteiger partial charge in [0.15, 0.2) is 11.4 Å². The molecule has 1 aromatic heterocycles. The van der Waals surface area contributed by atoms with Gasteiger partial charge < -0.3 is 15.6 Å². The van der Waals surface area contributed by atoms with E-state index < -0.39 is 0 Å². The molecule has 1 amide bonds. The molecule has 5 heteroatoms. The topological polar surface area (TPSA) is 81.2 Å². The molecule has 0 aliphatic heterocycles. The van der Waals surface area contributed by atoms with E-state index in [4.69, 9.17) is 10.3 Å². The number of carbonyl (C=O) groups excluding carboxylic acids is 1. The Kier molecular flexibility index (Phi) is 2.29. The van der Waals surface area contributed by atoms with Gasteiger partial charge >= 0.3 is 0 Å². The molecule has 0 atom stereocenters. The van der Waals surface area contributed by atoms with Crippen LogP contribution in [0.25, 0.3) is 11.0 Å². The molecular weight excluding hydrogens is 194 g/mol. The number of rotatable bonds is 2. The molecule has 0 aliphatic carbocycles. The van der Waals surface area contributed by atoms with Crippen molar-refractivity contribution in [2.24, 2.45) is 0 Å². The van der Waals surface area contributed by atoms with Crippen LogP contribution in [0.1, 0.15) is 12.5 Å². The Hall–Kier alpha value is -2.04. The Labute approximate surface area is 86.2 Å². The predicted octanol–water partition coefficient (Wildman–Crippen LogP) is 1.05. The van der Waals surface area contributed by atoms with E-state index >= 15 is 0 Å². The van der Waals surface area contributed by atoms with E-state index in [0.717, 1.165) is 10.9 Å². The third-order valence-electron chi connectivity index (χ3n) is 2.11. The number of fused-ring (bicyclic) bond motifs is 1. The van der Waals surface area contributed by atoms with Gasteiger partial charge in [0.25, 0.3) is 0 Å². The van der Waals surface area contributed by atoms with Crippen molar-refractivity contribution >= 4 is 22.7 Å². The summed E-state index contributed by atoms with van der Waals surface area (Å²) in [6.45, 7) is 1.96. The van der Waals surface area contributed by atoms with E-state index in [1.165, 1.54) is 6.92 Å². The van der Waals surface area contributed by atoms with Crippen molar-refractivity contribution in [1.82, 2.24) is 10.5 Å². The van der Waals surface area contributed by atoms with Crippen LogP contribution in [0.3, 0.4) is 0 Å². The average molecular weight is 205 g/mol. The summed E-state index contributed by atoms with van der Waals surface area (Å²) in [4.78, 5) is 10.7. The number of benzene rings is 1. The fourth-order valence-corrected chi connectivity index (χ4v) is 1.34. The molecule has 2 rings (SSSR count). The van der Waals surface area contributed by atoms with Crippen molar-refractivity contribution < 1.29 is 9.32 Å². The van der Waals surface area contributed by atoms with Gasteiger partial charge in [-0.1, -0.05) is 11.2 Å². The van der Waals surface area contributed by atoms with Crippen LogP contribution in [-0.4, -0.2) is 11.1 Å².